The predicted molar refractivity (Wildman–Crippen MR) is 122 cm³/mol. The number of carbonyl (C=O) groups excluding carboxylic acids is 2. The van der Waals surface area contributed by atoms with E-state index in [4.69, 9.17) is 11.6 Å². The van der Waals surface area contributed by atoms with Gasteiger partial charge in [0.25, 0.3) is 0 Å². The fourth-order valence-electron chi connectivity index (χ4n) is 3.18. The monoisotopic (exact) mass is 432 g/mol. The van der Waals surface area contributed by atoms with Gasteiger partial charge < -0.3 is 10.2 Å². The molecule has 29 heavy (non-hydrogen) atoms. The number of nitrogens with one attached hydrogen (secondary N) is 1. The van der Waals surface area contributed by atoms with Crippen LogP contribution in [0.2, 0.25) is 5.02 Å². The lowest BCUT2D eigenvalue weighted by Crippen LogP contribution is -2.48. The minimum Gasteiger partial charge on any atom is -0.355 e. The molecular formula is C23H29ClN2O2S. The molecule has 2 rings (SSSR count). The standard InChI is InChI=1S/C23H29ClN2O2S/c1-5-25-23(28)18(4)26(13-19-6-8-21(24)9-7-19)22(27)15-29-14-20-11-16(2)10-17(3)12-20/h6-12,18H,5,13-15H2,1-4H3,(H,25,28). The molecule has 2 aromatic carbocycles. The van der Waals surface area contributed by atoms with Crippen molar-refractivity contribution in [1.29, 1.82) is 0 Å². The van der Waals surface area contributed by atoms with Gasteiger partial charge in [0.15, 0.2) is 0 Å². The number of amides is 2. The summed E-state index contributed by atoms with van der Waals surface area (Å²) in [5.74, 6) is 0.894. The zero-order valence-electron chi connectivity index (χ0n) is 17.5. The highest BCUT2D eigenvalue weighted by molar-refractivity contribution is 7.99. The van der Waals surface area contributed by atoms with Gasteiger partial charge in [-0.3, -0.25) is 9.59 Å². The first-order valence-electron chi connectivity index (χ1n) is 9.76. The van der Waals surface area contributed by atoms with Crippen molar-refractivity contribution in [2.75, 3.05) is 12.3 Å². The van der Waals surface area contributed by atoms with Gasteiger partial charge in [-0.2, -0.15) is 0 Å². The number of carbonyl (C=O) groups is 2. The van der Waals surface area contributed by atoms with Crippen molar-refractivity contribution in [1.82, 2.24) is 10.2 Å². The second-order valence-electron chi connectivity index (χ2n) is 7.21. The lowest BCUT2D eigenvalue weighted by molar-refractivity contribution is -0.138. The summed E-state index contributed by atoms with van der Waals surface area (Å²) < 4.78 is 0. The second kappa shape index (κ2) is 11.3. The number of aryl methyl sites for hydroxylation is 2. The lowest BCUT2D eigenvalue weighted by Gasteiger charge is -2.28. The minimum absolute atomic E-state index is 0.0481. The molecule has 156 valence electrons. The number of hydrogen-bond acceptors (Lipinski definition) is 3. The van der Waals surface area contributed by atoms with Crippen LogP contribution in [0.3, 0.4) is 0 Å². The van der Waals surface area contributed by atoms with E-state index in [-0.39, 0.29) is 11.8 Å². The van der Waals surface area contributed by atoms with Crippen molar-refractivity contribution in [3.05, 3.63) is 69.7 Å². The molecule has 6 heteroatoms. The third-order valence-corrected chi connectivity index (χ3v) is 5.80. The first kappa shape index (κ1) is 23.3. The fraction of sp³-hybridized carbons (Fsp3) is 0.391. The van der Waals surface area contributed by atoms with E-state index in [1.165, 1.54) is 16.7 Å². The van der Waals surface area contributed by atoms with Gasteiger partial charge in [0.1, 0.15) is 6.04 Å². The Hall–Kier alpha value is -1.98. The maximum absolute atomic E-state index is 13.0. The molecule has 2 amide bonds. The highest BCUT2D eigenvalue weighted by atomic mass is 35.5. The largest absolute Gasteiger partial charge is 0.355 e. The molecule has 0 aliphatic heterocycles. The Kier molecular flexibility index (Phi) is 9.05. The van der Waals surface area contributed by atoms with Gasteiger partial charge in [0.05, 0.1) is 5.75 Å². The van der Waals surface area contributed by atoms with Crippen LogP contribution in [0.4, 0.5) is 0 Å². The van der Waals surface area contributed by atoms with Gasteiger partial charge >= 0.3 is 0 Å². The zero-order valence-corrected chi connectivity index (χ0v) is 19.1. The molecule has 2 aromatic rings. The molecule has 0 radical (unpaired) electrons. The molecule has 0 aromatic heterocycles. The van der Waals surface area contributed by atoms with Crippen molar-refractivity contribution in [3.8, 4) is 0 Å². The molecule has 0 heterocycles. The third kappa shape index (κ3) is 7.41. The van der Waals surface area contributed by atoms with Crippen LogP contribution in [0, 0.1) is 13.8 Å². The van der Waals surface area contributed by atoms with Crippen molar-refractivity contribution in [3.63, 3.8) is 0 Å². The van der Waals surface area contributed by atoms with E-state index in [1.807, 2.05) is 19.1 Å². The van der Waals surface area contributed by atoms with E-state index in [2.05, 4.69) is 37.4 Å². The molecular weight excluding hydrogens is 404 g/mol. The highest BCUT2D eigenvalue weighted by Crippen LogP contribution is 2.19. The number of likely N-dealkylation sites (N-methyl/N-ethyl adjacent to an activating group) is 1. The Balaban J connectivity index is 2.06. The number of rotatable bonds is 9. The van der Waals surface area contributed by atoms with E-state index in [1.54, 1.807) is 35.7 Å². The molecule has 0 aliphatic rings. The van der Waals surface area contributed by atoms with Crippen LogP contribution >= 0.6 is 23.4 Å². The molecule has 1 N–H and O–H groups in total. The topological polar surface area (TPSA) is 49.4 Å². The van der Waals surface area contributed by atoms with E-state index < -0.39 is 6.04 Å². The average molecular weight is 433 g/mol. The van der Waals surface area contributed by atoms with Crippen LogP contribution in [0.1, 0.15) is 36.1 Å². The molecule has 1 atom stereocenters. The van der Waals surface area contributed by atoms with Crippen molar-refractivity contribution >= 4 is 35.2 Å². The lowest BCUT2D eigenvalue weighted by atomic mass is 10.1. The van der Waals surface area contributed by atoms with Gasteiger partial charge in [0, 0.05) is 23.9 Å². The van der Waals surface area contributed by atoms with E-state index in [0.29, 0.717) is 23.9 Å². The molecule has 0 saturated heterocycles. The third-order valence-electron chi connectivity index (χ3n) is 4.56. The van der Waals surface area contributed by atoms with Gasteiger partial charge in [-0.25, -0.2) is 0 Å². The first-order valence-corrected chi connectivity index (χ1v) is 11.3. The van der Waals surface area contributed by atoms with Crippen LogP contribution in [0.15, 0.2) is 42.5 Å². The van der Waals surface area contributed by atoms with Crippen LogP contribution in [0.5, 0.6) is 0 Å². The van der Waals surface area contributed by atoms with Crippen LogP contribution in [0.25, 0.3) is 0 Å². The fourth-order valence-corrected chi connectivity index (χ4v) is 4.15. The van der Waals surface area contributed by atoms with E-state index in [9.17, 15) is 9.59 Å². The Morgan fingerprint density at radius 3 is 2.28 bits per heavy atom. The summed E-state index contributed by atoms with van der Waals surface area (Å²) in [7, 11) is 0. The highest BCUT2D eigenvalue weighted by Gasteiger charge is 2.25. The predicted octanol–water partition coefficient (Wildman–Crippen LogP) is 4.74. The number of nitrogens with zero attached hydrogens (tertiary/aromatic N) is 1. The molecule has 0 bridgehead atoms. The maximum atomic E-state index is 13.0. The number of hydrogen-bond donors (Lipinski definition) is 1. The summed E-state index contributed by atoms with van der Waals surface area (Å²) in [5, 5.41) is 3.45. The number of benzene rings is 2. The Labute approximate surface area is 183 Å². The number of halogens is 1. The first-order chi connectivity index (χ1) is 13.8. The Bertz CT molecular complexity index is 819. The van der Waals surface area contributed by atoms with E-state index in [0.717, 1.165) is 11.3 Å². The second-order valence-corrected chi connectivity index (χ2v) is 8.63. The maximum Gasteiger partial charge on any atom is 0.242 e. The molecule has 0 aliphatic carbocycles. The summed E-state index contributed by atoms with van der Waals surface area (Å²) in [4.78, 5) is 27.0. The summed E-state index contributed by atoms with van der Waals surface area (Å²) in [5.41, 5.74) is 4.60. The normalized spacial score (nSPS) is 11.8. The van der Waals surface area contributed by atoms with Gasteiger partial charge in [-0.15, -0.1) is 11.8 Å². The van der Waals surface area contributed by atoms with E-state index >= 15 is 0 Å². The van der Waals surface area contributed by atoms with Crippen molar-refractivity contribution < 1.29 is 9.59 Å². The van der Waals surface area contributed by atoms with Gasteiger partial charge in [0.2, 0.25) is 11.8 Å². The summed E-state index contributed by atoms with van der Waals surface area (Å²) >= 11 is 7.54. The van der Waals surface area contributed by atoms with Gasteiger partial charge in [-0.1, -0.05) is 53.1 Å². The molecule has 0 spiro atoms. The van der Waals surface area contributed by atoms with Crippen LogP contribution < -0.4 is 5.32 Å². The Morgan fingerprint density at radius 1 is 1.07 bits per heavy atom. The molecule has 0 fully saturated rings. The SMILES string of the molecule is CCNC(=O)C(C)N(Cc1ccc(Cl)cc1)C(=O)CSCc1cc(C)cc(C)c1. The van der Waals surface area contributed by atoms with Crippen LogP contribution in [-0.4, -0.2) is 35.1 Å². The average Bonchev–Trinajstić information content (AvgIpc) is 2.66. The minimum atomic E-state index is -0.542. The smallest absolute Gasteiger partial charge is 0.242 e. The summed E-state index contributed by atoms with van der Waals surface area (Å²) in [6.45, 7) is 8.71. The van der Waals surface area contributed by atoms with Crippen molar-refractivity contribution in [2.45, 2.75) is 46.0 Å². The number of thioether (sulfide) groups is 1. The molecule has 0 saturated carbocycles. The van der Waals surface area contributed by atoms with Crippen molar-refractivity contribution in [2.24, 2.45) is 0 Å². The zero-order chi connectivity index (χ0) is 21.4. The van der Waals surface area contributed by atoms with Gasteiger partial charge in [-0.05, 0) is 51.0 Å². The molecule has 4 nitrogen and oxygen atoms in total. The quantitative estimate of drug-likeness (QED) is 0.622. The van der Waals surface area contributed by atoms with Crippen LogP contribution in [-0.2, 0) is 21.9 Å². The molecule has 1 unspecified atom stereocenters. The summed E-state index contributed by atoms with van der Waals surface area (Å²) in [6, 6.07) is 13.3. The Morgan fingerprint density at radius 2 is 1.69 bits per heavy atom. The summed E-state index contributed by atoms with van der Waals surface area (Å²) in [6.07, 6.45) is 0.